The normalized spacial score (nSPS) is 16.4. The number of aliphatic imine (C=N–C) groups is 1. The van der Waals surface area contributed by atoms with Gasteiger partial charge in [0.2, 0.25) is 0 Å². The average molecular weight is 496 g/mol. The van der Waals surface area contributed by atoms with Crippen LogP contribution in [0.1, 0.15) is 28.1 Å². The highest BCUT2D eigenvalue weighted by atomic mass is 79.9. The van der Waals surface area contributed by atoms with Crippen LogP contribution in [0.25, 0.3) is 11.8 Å². The maximum Gasteiger partial charge on any atom is 0.264 e. The first-order chi connectivity index (χ1) is 14.7. The van der Waals surface area contributed by atoms with Gasteiger partial charge < -0.3 is 15.0 Å². The highest BCUT2D eigenvalue weighted by Crippen LogP contribution is 2.32. The number of aromatic nitrogens is 1. The van der Waals surface area contributed by atoms with Gasteiger partial charge in [-0.15, -0.1) is 0 Å². The topological polar surface area (TPSA) is 66.6 Å². The van der Waals surface area contributed by atoms with Gasteiger partial charge in [-0.05, 0) is 105 Å². The Hall–Kier alpha value is -2.77. The number of thioether (sulfide) groups is 1. The third-order valence-corrected chi connectivity index (χ3v) is 7.33. The molecule has 1 amide bonds. The second-order valence-corrected chi connectivity index (χ2v) is 9.38. The summed E-state index contributed by atoms with van der Waals surface area (Å²) in [6.07, 6.45) is 1.90. The van der Waals surface area contributed by atoms with Gasteiger partial charge in [-0.2, -0.15) is 0 Å². The van der Waals surface area contributed by atoms with Gasteiger partial charge in [-0.3, -0.25) is 4.79 Å². The number of halogens is 1. The van der Waals surface area contributed by atoms with Gasteiger partial charge in [0.25, 0.3) is 5.91 Å². The quantitative estimate of drug-likeness (QED) is 0.433. The number of hydrogen-bond donors (Lipinski definition) is 2. The lowest BCUT2D eigenvalue weighted by Gasteiger charge is -2.09. The minimum Gasteiger partial charge on any atom is -0.508 e. The van der Waals surface area contributed by atoms with Crippen molar-refractivity contribution in [3.8, 4) is 11.4 Å². The molecular weight excluding hydrogens is 474 g/mol. The van der Waals surface area contributed by atoms with E-state index >= 15 is 0 Å². The van der Waals surface area contributed by atoms with Crippen LogP contribution in [-0.4, -0.2) is 20.7 Å². The zero-order chi connectivity index (χ0) is 22.3. The first-order valence-corrected chi connectivity index (χ1v) is 11.4. The standard InChI is InChI=1S/C24H22BrN3O2S/c1-13-9-18(10-14(2)22(13)25)26-24-27-23(30)21(31-24)12-17-11-15(3)28(16(17)4)19-5-7-20(29)8-6-19/h5-12,29H,1-4H3,(H,26,27,30)/b21-12-. The smallest absolute Gasteiger partial charge is 0.264 e. The first kappa shape index (κ1) is 21.5. The monoisotopic (exact) mass is 495 g/mol. The van der Waals surface area contributed by atoms with Gasteiger partial charge in [-0.1, -0.05) is 15.9 Å². The van der Waals surface area contributed by atoms with Gasteiger partial charge in [0, 0.05) is 21.5 Å². The number of nitrogens with one attached hydrogen (secondary N) is 1. The predicted molar refractivity (Wildman–Crippen MR) is 131 cm³/mol. The Morgan fingerprint density at radius 3 is 2.35 bits per heavy atom. The Morgan fingerprint density at radius 1 is 1.06 bits per heavy atom. The predicted octanol–water partition coefficient (Wildman–Crippen LogP) is 6.07. The molecule has 0 unspecified atom stereocenters. The van der Waals surface area contributed by atoms with Crippen LogP contribution in [0.4, 0.5) is 5.69 Å². The van der Waals surface area contributed by atoms with Crippen molar-refractivity contribution in [3.05, 3.63) is 79.9 Å². The summed E-state index contributed by atoms with van der Waals surface area (Å²) < 4.78 is 3.18. The SMILES string of the molecule is Cc1cc(N=C2NC(=O)/C(=C/c3cc(C)n(-c4ccc(O)cc4)c3C)S2)cc(C)c1Br. The van der Waals surface area contributed by atoms with Crippen molar-refractivity contribution < 1.29 is 9.90 Å². The molecule has 0 atom stereocenters. The van der Waals surface area contributed by atoms with Crippen molar-refractivity contribution in [2.45, 2.75) is 27.7 Å². The fraction of sp³-hybridized carbons (Fsp3) is 0.167. The molecule has 1 aliphatic rings. The fourth-order valence-corrected chi connectivity index (χ4v) is 4.72. The highest BCUT2D eigenvalue weighted by Gasteiger charge is 2.24. The maximum atomic E-state index is 12.6. The molecule has 4 rings (SSSR count). The summed E-state index contributed by atoms with van der Waals surface area (Å²) in [6, 6.07) is 13.1. The van der Waals surface area contributed by atoms with Crippen LogP contribution in [0.5, 0.6) is 5.75 Å². The number of rotatable bonds is 3. The Labute approximate surface area is 194 Å². The van der Waals surface area contributed by atoms with Gasteiger partial charge in [0.05, 0.1) is 10.6 Å². The van der Waals surface area contributed by atoms with E-state index in [2.05, 4.69) is 36.9 Å². The zero-order valence-corrected chi connectivity index (χ0v) is 20.1. The van der Waals surface area contributed by atoms with E-state index in [0.29, 0.717) is 10.1 Å². The Morgan fingerprint density at radius 2 is 1.71 bits per heavy atom. The number of phenols is 1. The lowest BCUT2D eigenvalue weighted by atomic mass is 10.1. The zero-order valence-electron chi connectivity index (χ0n) is 17.7. The van der Waals surface area contributed by atoms with Crippen molar-refractivity contribution >= 4 is 50.5 Å². The molecule has 2 heterocycles. The molecule has 1 aliphatic heterocycles. The second-order valence-electron chi connectivity index (χ2n) is 7.55. The van der Waals surface area contributed by atoms with Crippen molar-refractivity contribution in [2.24, 2.45) is 4.99 Å². The van der Waals surface area contributed by atoms with Crippen molar-refractivity contribution in [2.75, 3.05) is 0 Å². The number of nitrogens with zero attached hydrogens (tertiary/aromatic N) is 2. The summed E-state index contributed by atoms with van der Waals surface area (Å²) in [4.78, 5) is 17.8. The molecule has 2 N–H and O–H groups in total. The number of amidine groups is 1. The number of phenolic OH excluding ortho intramolecular Hbond substituents is 1. The minimum absolute atomic E-state index is 0.149. The molecule has 0 saturated carbocycles. The van der Waals surface area contributed by atoms with E-state index in [4.69, 9.17) is 0 Å². The minimum atomic E-state index is -0.149. The number of carbonyl (C=O) groups is 1. The molecule has 7 heteroatoms. The third-order valence-electron chi connectivity index (χ3n) is 5.17. The molecule has 0 radical (unpaired) electrons. The van der Waals surface area contributed by atoms with E-state index in [1.165, 1.54) is 11.8 Å². The summed E-state index contributed by atoms with van der Waals surface area (Å²) >= 11 is 4.91. The molecule has 3 aromatic rings. The van der Waals surface area contributed by atoms with Crippen LogP contribution in [0, 0.1) is 27.7 Å². The molecule has 1 saturated heterocycles. The number of amides is 1. The van der Waals surface area contributed by atoms with Crippen molar-refractivity contribution in [1.29, 1.82) is 0 Å². The van der Waals surface area contributed by atoms with E-state index in [9.17, 15) is 9.90 Å². The summed E-state index contributed by atoms with van der Waals surface area (Å²) in [7, 11) is 0. The van der Waals surface area contributed by atoms with Gasteiger partial charge >= 0.3 is 0 Å². The Bertz CT molecular complexity index is 1230. The molecule has 0 spiro atoms. The van der Waals surface area contributed by atoms with E-state index in [-0.39, 0.29) is 11.7 Å². The van der Waals surface area contributed by atoms with E-state index < -0.39 is 0 Å². The highest BCUT2D eigenvalue weighted by molar-refractivity contribution is 9.10. The van der Waals surface area contributed by atoms with Gasteiger partial charge in [0.15, 0.2) is 5.17 Å². The van der Waals surface area contributed by atoms with Crippen LogP contribution < -0.4 is 5.32 Å². The Balaban J connectivity index is 1.64. The molecule has 5 nitrogen and oxygen atoms in total. The van der Waals surface area contributed by atoms with Crippen LogP contribution in [-0.2, 0) is 4.79 Å². The van der Waals surface area contributed by atoms with Crippen LogP contribution in [0.15, 0.2) is 56.8 Å². The number of hydrogen-bond acceptors (Lipinski definition) is 4. The lowest BCUT2D eigenvalue weighted by molar-refractivity contribution is -0.115. The summed E-state index contributed by atoms with van der Waals surface area (Å²) in [5, 5.41) is 13.0. The number of benzene rings is 2. The van der Waals surface area contributed by atoms with Crippen LogP contribution in [0.2, 0.25) is 0 Å². The summed E-state index contributed by atoms with van der Waals surface area (Å²) in [5.74, 6) is 0.0827. The largest absolute Gasteiger partial charge is 0.508 e. The second kappa shape index (κ2) is 8.40. The molecule has 1 aromatic heterocycles. The van der Waals surface area contributed by atoms with E-state index in [0.717, 1.165) is 43.9 Å². The fourth-order valence-electron chi connectivity index (χ4n) is 3.66. The molecule has 1 fully saturated rings. The molecule has 2 aromatic carbocycles. The van der Waals surface area contributed by atoms with Crippen LogP contribution in [0.3, 0.4) is 0 Å². The third kappa shape index (κ3) is 4.34. The Kier molecular flexibility index (Phi) is 5.81. The van der Waals surface area contributed by atoms with Crippen molar-refractivity contribution in [1.82, 2.24) is 9.88 Å². The van der Waals surface area contributed by atoms with Gasteiger partial charge in [0.1, 0.15) is 5.75 Å². The van der Waals surface area contributed by atoms with E-state index in [1.807, 2.05) is 58.0 Å². The van der Waals surface area contributed by atoms with Crippen molar-refractivity contribution in [3.63, 3.8) is 0 Å². The van der Waals surface area contributed by atoms with Crippen LogP contribution >= 0.6 is 27.7 Å². The van der Waals surface area contributed by atoms with Gasteiger partial charge in [-0.25, -0.2) is 4.99 Å². The first-order valence-electron chi connectivity index (χ1n) is 9.77. The van der Waals surface area contributed by atoms with E-state index in [1.54, 1.807) is 12.1 Å². The molecule has 158 valence electrons. The number of aryl methyl sites for hydroxylation is 3. The number of aromatic hydroxyl groups is 1. The summed E-state index contributed by atoms with van der Waals surface area (Å²) in [5.41, 5.74) is 7.02. The summed E-state index contributed by atoms with van der Waals surface area (Å²) in [6.45, 7) is 8.09. The molecule has 31 heavy (non-hydrogen) atoms. The number of carbonyl (C=O) groups excluding carboxylic acids is 1. The molecular formula is C24H22BrN3O2S. The molecule has 0 aliphatic carbocycles. The maximum absolute atomic E-state index is 12.6. The lowest BCUT2D eigenvalue weighted by Crippen LogP contribution is -2.19. The average Bonchev–Trinajstić information content (AvgIpc) is 3.19. The molecule has 0 bridgehead atoms.